The van der Waals surface area contributed by atoms with Crippen LogP contribution in [0.25, 0.3) is 5.76 Å². The van der Waals surface area contributed by atoms with Gasteiger partial charge in [0, 0.05) is 11.5 Å². The fraction of sp³-hybridized carbons (Fsp3) is 0.450. The minimum atomic E-state index is -4.66. The quantitative estimate of drug-likeness (QED) is 0.585. The molecule has 0 aliphatic heterocycles. The number of rotatable bonds is 3. The highest BCUT2D eigenvalue weighted by atomic mass is 19.4. The number of carbonyl (C=O) groups is 3. The zero-order valence-corrected chi connectivity index (χ0v) is 16.7. The van der Waals surface area contributed by atoms with Crippen LogP contribution in [0.4, 0.5) is 13.2 Å². The lowest BCUT2D eigenvalue weighted by molar-refractivity contribution is -0.154. The lowest BCUT2D eigenvalue weighted by Crippen LogP contribution is -2.38. The zero-order valence-electron chi connectivity index (χ0n) is 16.7. The predicted molar refractivity (Wildman–Crippen MR) is 98.0 cm³/mol. The number of aliphatic hydroxyl groups is 1. The number of halogens is 3. The Kier molecular flexibility index (Phi) is 5.83. The minimum Gasteiger partial charge on any atom is -0.506 e. The van der Waals surface area contributed by atoms with E-state index in [1.54, 1.807) is 20.8 Å². The van der Waals surface area contributed by atoms with Crippen LogP contribution in [0, 0.1) is 6.92 Å². The molecule has 0 fully saturated rings. The van der Waals surface area contributed by atoms with Crippen molar-refractivity contribution in [2.45, 2.75) is 52.3 Å². The van der Waals surface area contributed by atoms with Crippen molar-refractivity contribution >= 4 is 23.4 Å². The molecule has 1 aliphatic rings. The fourth-order valence-corrected chi connectivity index (χ4v) is 3.15. The molecule has 0 heterocycles. The van der Waals surface area contributed by atoms with E-state index in [-0.39, 0.29) is 16.7 Å². The van der Waals surface area contributed by atoms with Crippen LogP contribution in [0.5, 0.6) is 0 Å². The maximum atomic E-state index is 13.2. The van der Waals surface area contributed by atoms with Crippen LogP contribution in [0.15, 0.2) is 17.7 Å². The lowest BCUT2D eigenvalue weighted by Gasteiger charge is -2.26. The third kappa shape index (κ3) is 4.60. The summed E-state index contributed by atoms with van der Waals surface area (Å²) in [5.74, 6) is -4.36. The second-order valence-electron chi connectivity index (χ2n) is 7.78. The van der Waals surface area contributed by atoms with Crippen molar-refractivity contribution in [3.05, 3.63) is 40.0 Å². The number of hydrogen-bond donors (Lipinski definition) is 2. The van der Waals surface area contributed by atoms with Crippen molar-refractivity contribution in [3.63, 3.8) is 0 Å². The summed E-state index contributed by atoms with van der Waals surface area (Å²) in [6.07, 6.45) is -4.66. The van der Waals surface area contributed by atoms with Crippen LogP contribution >= 0.6 is 0 Å². The molecular weight excluding hydrogens is 391 g/mol. The van der Waals surface area contributed by atoms with Crippen molar-refractivity contribution in [2.75, 3.05) is 6.54 Å². The number of nitrogens with one attached hydrogen (secondary N) is 1. The SMILES string of the molecule is Cc1c(C(F)(F)F)ccc2c1C(O)=C(C(=O)NCC(=O)OC(C)(C)C)C(=O)C2C. The van der Waals surface area contributed by atoms with Gasteiger partial charge in [0.05, 0.1) is 5.56 Å². The van der Waals surface area contributed by atoms with E-state index in [0.717, 1.165) is 19.1 Å². The first-order chi connectivity index (χ1) is 13.1. The van der Waals surface area contributed by atoms with Gasteiger partial charge in [0.1, 0.15) is 23.5 Å². The molecule has 0 saturated heterocycles. The highest BCUT2D eigenvalue weighted by Crippen LogP contribution is 2.42. The molecule has 0 bridgehead atoms. The van der Waals surface area contributed by atoms with Crippen LogP contribution < -0.4 is 5.32 Å². The molecule has 1 atom stereocenters. The number of ketones is 1. The molecule has 1 amide bonds. The molecule has 2 N–H and O–H groups in total. The van der Waals surface area contributed by atoms with E-state index < -0.39 is 58.8 Å². The highest BCUT2D eigenvalue weighted by molar-refractivity contribution is 6.27. The van der Waals surface area contributed by atoms with Gasteiger partial charge in [0.15, 0.2) is 5.78 Å². The normalized spacial score (nSPS) is 17.1. The summed E-state index contributed by atoms with van der Waals surface area (Å²) in [5.41, 5.74) is -2.74. The maximum Gasteiger partial charge on any atom is 0.416 e. The van der Waals surface area contributed by atoms with Crippen LogP contribution in [-0.4, -0.2) is 34.9 Å². The fourth-order valence-electron chi connectivity index (χ4n) is 3.15. The van der Waals surface area contributed by atoms with Gasteiger partial charge in [-0.15, -0.1) is 0 Å². The molecule has 1 unspecified atom stereocenters. The maximum absolute atomic E-state index is 13.2. The first kappa shape index (κ1) is 22.4. The van der Waals surface area contributed by atoms with Crippen molar-refractivity contribution < 1.29 is 37.4 Å². The number of hydrogen-bond acceptors (Lipinski definition) is 5. The summed E-state index contributed by atoms with van der Waals surface area (Å²) in [5, 5.41) is 12.7. The number of esters is 1. The molecule has 29 heavy (non-hydrogen) atoms. The number of alkyl halides is 3. The van der Waals surface area contributed by atoms with E-state index in [0.29, 0.717) is 0 Å². The van der Waals surface area contributed by atoms with Crippen LogP contribution in [0.2, 0.25) is 0 Å². The number of amides is 1. The predicted octanol–water partition coefficient (Wildman–Crippen LogP) is 3.43. The third-order valence-electron chi connectivity index (χ3n) is 4.42. The highest BCUT2D eigenvalue weighted by Gasteiger charge is 2.40. The van der Waals surface area contributed by atoms with Crippen LogP contribution in [0.1, 0.15) is 55.9 Å². The molecular formula is C20H22F3NO5. The Bertz CT molecular complexity index is 910. The molecule has 1 aliphatic carbocycles. The average Bonchev–Trinajstić information content (AvgIpc) is 2.55. The standard InChI is InChI=1S/C20H22F3NO5/c1-9-11-6-7-12(20(21,22)23)10(2)14(11)17(27)15(16(9)26)18(28)24-8-13(25)29-19(3,4)5/h6-7,9,27H,8H2,1-5H3,(H,24,28). The van der Waals surface area contributed by atoms with E-state index in [1.807, 2.05) is 0 Å². The topological polar surface area (TPSA) is 92.7 Å². The van der Waals surface area contributed by atoms with Crippen molar-refractivity contribution in [2.24, 2.45) is 0 Å². The van der Waals surface area contributed by atoms with Crippen LogP contribution in [0.3, 0.4) is 0 Å². The van der Waals surface area contributed by atoms with E-state index in [2.05, 4.69) is 5.32 Å². The first-order valence-corrected chi connectivity index (χ1v) is 8.83. The van der Waals surface area contributed by atoms with Gasteiger partial charge < -0.3 is 15.2 Å². The van der Waals surface area contributed by atoms with Crippen LogP contribution in [-0.2, 0) is 25.3 Å². The smallest absolute Gasteiger partial charge is 0.416 e. The summed E-state index contributed by atoms with van der Waals surface area (Å²) in [7, 11) is 0. The molecule has 9 heteroatoms. The molecule has 158 valence electrons. The third-order valence-corrected chi connectivity index (χ3v) is 4.42. The van der Waals surface area contributed by atoms with Gasteiger partial charge in [0.25, 0.3) is 5.91 Å². The Morgan fingerprint density at radius 1 is 1.21 bits per heavy atom. The summed E-state index contributed by atoms with van der Waals surface area (Å²) >= 11 is 0. The van der Waals surface area contributed by atoms with E-state index >= 15 is 0 Å². The minimum absolute atomic E-state index is 0.196. The lowest BCUT2D eigenvalue weighted by atomic mass is 9.79. The van der Waals surface area contributed by atoms with E-state index in [9.17, 15) is 32.7 Å². The van der Waals surface area contributed by atoms with Gasteiger partial charge in [0.2, 0.25) is 0 Å². The number of ether oxygens (including phenoxy) is 1. The van der Waals surface area contributed by atoms with Crippen molar-refractivity contribution in [1.29, 1.82) is 0 Å². The largest absolute Gasteiger partial charge is 0.506 e. The molecule has 2 rings (SSSR count). The van der Waals surface area contributed by atoms with Gasteiger partial charge in [-0.05, 0) is 44.9 Å². The van der Waals surface area contributed by atoms with E-state index in [4.69, 9.17) is 4.74 Å². The molecule has 6 nitrogen and oxygen atoms in total. The Hall–Kier alpha value is -2.84. The molecule has 0 spiro atoms. The molecule has 0 saturated carbocycles. The van der Waals surface area contributed by atoms with Gasteiger partial charge >= 0.3 is 12.1 Å². The average molecular weight is 413 g/mol. The summed E-state index contributed by atoms with van der Waals surface area (Å²) in [6, 6.07) is 1.97. The van der Waals surface area contributed by atoms with Gasteiger partial charge in [-0.25, -0.2) is 0 Å². The van der Waals surface area contributed by atoms with E-state index in [1.165, 1.54) is 6.92 Å². The number of fused-ring (bicyclic) bond motifs is 1. The summed E-state index contributed by atoms with van der Waals surface area (Å²) < 4.78 is 44.7. The Balaban J connectivity index is 2.43. The Morgan fingerprint density at radius 3 is 2.31 bits per heavy atom. The number of carbonyl (C=O) groups excluding carboxylic acids is 3. The Morgan fingerprint density at radius 2 is 1.79 bits per heavy atom. The van der Waals surface area contributed by atoms with Crippen molar-refractivity contribution in [3.8, 4) is 0 Å². The van der Waals surface area contributed by atoms with Crippen molar-refractivity contribution in [1.82, 2.24) is 5.32 Å². The van der Waals surface area contributed by atoms with Gasteiger partial charge in [-0.2, -0.15) is 13.2 Å². The molecule has 1 aromatic rings. The molecule has 0 aromatic heterocycles. The van der Waals surface area contributed by atoms with Gasteiger partial charge in [-0.3, -0.25) is 14.4 Å². The number of benzene rings is 1. The van der Waals surface area contributed by atoms with Gasteiger partial charge in [-0.1, -0.05) is 13.0 Å². The first-order valence-electron chi connectivity index (χ1n) is 8.83. The monoisotopic (exact) mass is 413 g/mol. The number of Topliss-reactive ketones (excluding diaryl/α,β-unsaturated/α-hetero) is 1. The summed E-state index contributed by atoms with van der Waals surface area (Å²) in [4.78, 5) is 36.8. The molecule has 0 radical (unpaired) electrons. The zero-order chi connectivity index (χ0) is 22.3. The summed E-state index contributed by atoms with van der Waals surface area (Å²) in [6.45, 7) is 6.92. The second-order valence-corrected chi connectivity index (χ2v) is 7.78. The molecule has 1 aromatic carbocycles. The number of aliphatic hydroxyl groups excluding tert-OH is 1. The Labute approximate surface area is 165 Å². The second kappa shape index (κ2) is 7.53.